The first-order chi connectivity index (χ1) is 9.04. The molecule has 98 valence electrons. The first-order valence-corrected chi connectivity index (χ1v) is 6.03. The van der Waals surface area contributed by atoms with Gasteiger partial charge in [0.25, 0.3) is 5.91 Å². The summed E-state index contributed by atoms with van der Waals surface area (Å²) < 4.78 is 1.91. The molecular weight excluding hydrogens is 316 g/mol. The summed E-state index contributed by atoms with van der Waals surface area (Å²) in [4.78, 5) is 22.4. The molecule has 1 heterocycles. The monoisotopic (exact) mass is 324 g/mol. The molecule has 0 saturated heterocycles. The number of anilines is 1. The average Bonchev–Trinajstić information content (AvgIpc) is 2.75. The molecule has 1 aromatic heterocycles. The van der Waals surface area contributed by atoms with E-state index < -0.39 is 5.97 Å². The van der Waals surface area contributed by atoms with Gasteiger partial charge in [-0.1, -0.05) is 27.2 Å². The fourth-order valence-corrected chi connectivity index (χ4v) is 1.79. The van der Waals surface area contributed by atoms with E-state index >= 15 is 0 Å². The molecule has 8 heteroatoms. The van der Waals surface area contributed by atoms with Crippen LogP contribution in [0.25, 0.3) is 0 Å². The van der Waals surface area contributed by atoms with Gasteiger partial charge < -0.3 is 10.4 Å². The molecule has 0 bridgehead atoms. The molecule has 0 saturated carbocycles. The molecule has 2 aromatic rings. The molecule has 1 amide bonds. The van der Waals surface area contributed by atoms with Crippen LogP contribution < -0.4 is 5.32 Å². The molecular formula is C11H9BrN4O3. The van der Waals surface area contributed by atoms with Crippen molar-refractivity contribution in [3.05, 3.63) is 40.5 Å². The van der Waals surface area contributed by atoms with Crippen molar-refractivity contribution >= 4 is 33.6 Å². The summed E-state index contributed by atoms with van der Waals surface area (Å²) in [6, 6.07) is 6.86. The topological polar surface area (TPSA) is 97.1 Å². The highest BCUT2D eigenvalue weighted by Gasteiger charge is 2.09. The van der Waals surface area contributed by atoms with E-state index in [1.54, 1.807) is 24.3 Å². The van der Waals surface area contributed by atoms with Crippen molar-refractivity contribution in [2.45, 2.75) is 6.54 Å². The largest absolute Gasteiger partial charge is 0.480 e. The predicted octanol–water partition coefficient (Wildman–Crippen LogP) is 1.38. The number of aromatic nitrogens is 3. The predicted molar refractivity (Wildman–Crippen MR) is 69.8 cm³/mol. The van der Waals surface area contributed by atoms with Crippen LogP contribution in [0.3, 0.4) is 0 Å². The Morgan fingerprint density at radius 2 is 2.21 bits per heavy atom. The van der Waals surface area contributed by atoms with E-state index in [1.165, 1.54) is 6.20 Å². The van der Waals surface area contributed by atoms with Gasteiger partial charge in [0.2, 0.25) is 0 Å². The van der Waals surface area contributed by atoms with E-state index in [1.807, 2.05) is 0 Å². The van der Waals surface area contributed by atoms with Crippen molar-refractivity contribution in [3.63, 3.8) is 0 Å². The highest BCUT2D eigenvalue weighted by atomic mass is 79.9. The number of carbonyl (C=O) groups is 2. The molecule has 0 atom stereocenters. The van der Waals surface area contributed by atoms with E-state index in [-0.39, 0.29) is 18.3 Å². The highest BCUT2D eigenvalue weighted by Crippen LogP contribution is 2.13. The Hall–Kier alpha value is -2.22. The zero-order valence-electron chi connectivity index (χ0n) is 9.58. The maximum absolute atomic E-state index is 11.9. The zero-order valence-corrected chi connectivity index (χ0v) is 11.2. The van der Waals surface area contributed by atoms with Gasteiger partial charge in [0, 0.05) is 10.0 Å². The summed E-state index contributed by atoms with van der Waals surface area (Å²) in [5.74, 6) is -1.18. The Labute approximate surface area is 116 Å². The van der Waals surface area contributed by atoms with Crippen LogP contribution in [0.5, 0.6) is 0 Å². The van der Waals surface area contributed by atoms with Crippen molar-refractivity contribution in [2.24, 2.45) is 0 Å². The number of aliphatic carboxylic acids is 1. The lowest BCUT2D eigenvalue weighted by Crippen LogP contribution is -2.12. The number of hydrogen-bond acceptors (Lipinski definition) is 4. The number of nitrogens with zero attached hydrogens (tertiary/aromatic N) is 3. The molecule has 0 radical (unpaired) electrons. The van der Waals surface area contributed by atoms with Gasteiger partial charge in [0.05, 0.1) is 6.20 Å². The summed E-state index contributed by atoms with van der Waals surface area (Å²) in [5.41, 5.74) is 0.460. The van der Waals surface area contributed by atoms with Crippen molar-refractivity contribution in [1.29, 1.82) is 0 Å². The SMILES string of the molecule is O=C(O)Cn1cc(NC(=O)c2cccc(Br)c2)nn1. The van der Waals surface area contributed by atoms with Crippen molar-refractivity contribution in [2.75, 3.05) is 5.32 Å². The normalized spacial score (nSPS) is 10.2. The Morgan fingerprint density at radius 1 is 1.42 bits per heavy atom. The Morgan fingerprint density at radius 3 is 2.89 bits per heavy atom. The van der Waals surface area contributed by atoms with Crippen LogP contribution in [0.1, 0.15) is 10.4 Å². The molecule has 7 nitrogen and oxygen atoms in total. The first-order valence-electron chi connectivity index (χ1n) is 5.23. The lowest BCUT2D eigenvalue weighted by molar-refractivity contribution is -0.137. The molecule has 2 rings (SSSR count). The van der Waals surface area contributed by atoms with Crippen LogP contribution in [0.2, 0.25) is 0 Å². The number of hydrogen-bond donors (Lipinski definition) is 2. The fourth-order valence-electron chi connectivity index (χ4n) is 1.39. The number of halogens is 1. The number of carboxylic acids is 1. The number of benzene rings is 1. The molecule has 1 aromatic carbocycles. The fraction of sp³-hybridized carbons (Fsp3) is 0.0909. The lowest BCUT2D eigenvalue weighted by atomic mass is 10.2. The number of carboxylic acid groups (broad SMARTS) is 1. The Kier molecular flexibility index (Phi) is 3.91. The van der Waals surface area contributed by atoms with Crippen LogP contribution in [-0.4, -0.2) is 32.0 Å². The summed E-state index contributed by atoms with van der Waals surface area (Å²) >= 11 is 3.27. The minimum absolute atomic E-state index is 0.200. The van der Waals surface area contributed by atoms with Crippen LogP contribution in [0.15, 0.2) is 34.9 Å². The molecule has 0 aliphatic heterocycles. The number of nitrogens with one attached hydrogen (secondary N) is 1. The number of rotatable bonds is 4. The second-order valence-corrected chi connectivity index (χ2v) is 4.58. The third-order valence-electron chi connectivity index (χ3n) is 2.16. The summed E-state index contributed by atoms with van der Waals surface area (Å²) in [7, 11) is 0. The van der Waals surface area contributed by atoms with Crippen molar-refractivity contribution < 1.29 is 14.7 Å². The van der Waals surface area contributed by atoms with Gasteiger partial charge in [-0.2, -0.15) is 0 Å². The van der Waals surface area contributed by atoms with Crippen molar-refractivity contribution in [1.82, 2.24) is 15.0 Å². The van der Waals surface area contributed by atoms with E-state index in [4.69, 9.17) is 5.11 Å². The van der Waals surface area contributed by atoms with Crippen LogP contribution in [-0.2, 0) is 11.3 Å². The van der Waals surface area contributed by atoms with E-state index in [2.05, 4.69) is 31.6 Å². The maximum Gasteiger partial charge on any atom is 0.325 e. The molecule has 19 heavy (non-hydrogen) atoms. The van der Waals surface area contributed by atoms with Crippen LogP contribution in [0, 0.1) is 0 Å². The van der Waals surface area contributed by atoms with Gasteiger partial charge in [0.1, 0.15) is 6.54 Å². The average molecular weight is 325 g/mol. The van der Waals surface area contributed by atoms with Gasteiger partial charge in [-0.3, -0.25) is 9.59 Å². The second kappa shape index (κ2) is 5.61. The molecule has 0 aliphatic rings. The molecule has 0 aliphatic carbocycles. The Bertz CT molecular complexity index is 626. The number of carbonyl (C=O) groups excluding carboxylic acids is 1. The lowest BCUT2D eigenvalue weighted by Gasteiger charge is -2.01. The quantitative estimate of drug-likeness (QED) is 0.885. The molecule has 0 unspecified atom stereocenters. The van der Waals surface area contributed by atoms with Crippen LogP contribution >= 0.6 is 15.9 Å². The molecule has 2 N–H and O–H groups in total. The zero-order chi connectivity index (χ0) is 13.8. The highest BCUT2D eigenvalue weighted by molar-refractivity contribution is 9.10. The smallest absolute Gasteiger partial charge is 0.325 e. The van der Waals surface area contributed by atoms with Gasteiger partial charge in [-0.15, -0.1) is 5.10 Å². The van der Waals surface area contributed by atoms with Crippen molar-refractivity contribution in [3.8, 4) is 0 Å². The van der Waals surface area contributed by atoms with Gasteiger partial charge in [-0.25, -0.2) is 4.68 Å². The third kappa shape index (κ3) is 3.62. The van der Waals surface area contributed by atoms with Gasteiger partial charge >= 0.3 is 5.97 Å². The third-order valence-corrected chi connectivity index (χ3v) is 2.66. The minimum atomic E-state index is -1.03. The standard InChI is InChI=1S/C11H9BrN4O3/c12-8-3-1-2-7(4-8)11(19)13-9-5-16(15-14-9)6-10(17)18/h1-5H,6H2,(H,13,19)(H,17,18). The van der Waals surface area contributed by atoms with Crippen LogP contribution in [0.4, 0.5) is 5.82 Å². The second-order valence-electron chi connectivity index (χ2n) is 3.66. The van der Waals surface area contributed by atoms with Gasteiger partial charge in [0.15, 0.2) is 5.82 Å². The van der Waals surface area contributed by atoms with Gasteiger partial charge in [-0.05, 0) is 18.2 Å². The van der Waals surface area contributed by atoms with E-state index in [0.29, 0.717) is 5.56 Å². The first kappa shape index (κ1) is 13.2. The summed E-state index contributed by atoms with van der Waals surface area (Å²) in [5, 5.41) is 18.4. The molecule has 0 spiro atoms. The Balaban J connectivity index is 2.06. The van der Waals surface area contributed by atoms with E-state index in [9.17, 15) is 9.59 Å². The minimum Gasteiger partial charge on any atom is -0.480 e. The number of amides is 1. The maximum atomic E-state index is 11.9. The summed E-state index contributed by atoms with van der Waals surface area (Å²) in [6.07, 6.45) is 1.35. The molecule has 0 fully saturated rings. The summed E-state index contributed by atoms with van der Waals surface area (Å²) in [6.45, 7) is -0.306. The van der Waals surface area contributed by atoms with E-state index in [0.717, 1.165) is 9.15 Å².